The minimum Gasteiger partial charge on any atom is -0.313 e. The van der Waals surface area contributed by atoms with Crippen LogP contribution in [0.3, 0.4) is 0 Å². The van der Waals surface area contributed by atoms with E-state index in [1.807, 2.05) is 25.4 Å². The number of aromatic nitrogens is 1. The topological polar surface area (TPSA) is 24.9 Å². The maximum atomic E-state index is 4.41. The summed E-state index contributed by atoms with van der Waals surface area (Å²) in [5.41, 5.74) is 2.35. The fourth-order valence-corrected chi connectivity index (χ4v) is 2.32. The van der Waals surface area contributed by atoms with E-state index in [0.717, 1.165) is 21.1 Å². The van der Waals surface area contributed by atoms with Crippen molar-refractivity contribution < 1.29 is 0 Å². The Morgan fingerprint density at radius 1 is 1.06 bits per heavy atom. The van der Waals surface area contributed by atoms with Gasteiger partial charge in [-0.05, 0) is 52.8 Å². The molecule has 4 heteroatoms. The maximum absolute atomic E-state index is 4.41. The highest BCUT2D eigenvalue weighted by atomic mass is 79.9. The SMILES string of the molecule is CNC(Cc1ccc(Br)cn1)c1ccc(Br)cc1. The molecular formula is C14H14Br2N2. The molecule has 0 aliphatic heterocycles. The van der Waals surface area contributed by atoms with Gasteiger partial charge in [-0.2, -0.15) is 0 Å². The number of rotatable bonds is 4. The molecule has 2 rings (SSSR count). The van der Waals surface area contributed by atoms with Crippen LogP contribution in [0.2, 0.25) is 0 Å². The molecule has 94 valence electrons. The lowest BCUT2D eigenvalue weighted by Crippen LogP contribution is -2.19. The van der Waals surface area contributed by atoms with Gasteiger partial charge in [0, 0.05) is 33.3 Å². The smallest absolute Gasteiger partial charge is 0.0423 e. The molecule has 1 heterocycles. The number of hydrogen-bond acceptors (Lipinski definition) is 2. The average Bonchev–Trinajstić information content (AvgIpc) is 2.39. The zero-order valence-electron chi connectivity index (χ0n) is 10.0. The summed E-state index contributed by atoms with van der Waals surface area (Å²) in [7, 11) is 1.98. The maximum Gasteiger partial charge on any atom is 0.0423 e. The van der Waals surface area contributed by atoms with E-state index >= 15 is 0 Å². The Bertz CT molecular complexity index is 494. The Kier molecular flexibility index (Phi) is 4.92. The molecule has 2 nitrogen and oxygen atoms in total. The highest BCUT2D eigenvalue weighted by molar-refractivity contribution is 9.10. The van der Waals surface area contributed by atoms with Gasteiger partial charge in [0.05, 0.1) is 0 Å². The highest BCUT2D eigenvalue weighted by Gasteiger charge is 2.10. The van der Waals surface area contributed by atoms with E-state index < -0.39 is 0 Å². The fourth-order valence-electron chi connectivity index (χ4n) is 1.82. The van der Waals surface area contributed by atoms with Gasteiger partial charge in [0.2, 0.25) is 0 Å². The largest absolute Gasteiger partial charge is 0.313 e. The van der Waals surface area contributed by atoms with Crippen LogP contribution in [0.25, 0.3) is 0 Å². The standard InChI is InChI=1S/C14H14Br2N2/c1-17-14(10-2-4-11(15)5-3-10)8-13-7-6-12(16)9-18-13/h2-7,9,14,17H,8H2,1H3. The molecule has 1 N–H and O–H groups in total. The average molecular weight is 370 g/mol. The Hall–Kier alpha value is -0.710. The second-order valence-corrected chi connectivity index (χ2v) is 5.90. The van der Waals surface area contributed by atoms with Crippen molar-refractivity contribution in [2.75, 3.05) is 7.05 Å². The van der Waals surface area contributed by atoms with Gasteiger partial charge in [-0.25, -0.2) is 0 Å². The summed E-state index contributed by atoms with van der Waals surface area (Å²) >= 11 is 6.85. The summed E-state index contributed by atoms with van der Waals surface area (Å²) in [6.45, 7) is 0. The molecular weight excluding hydrogens is 356 g/mol. The second kappa shape index (κ2) is 6.45. The van der Waals surface area contributed by atoms with E-state index in [2.05, 4.69) is 66.4 Å². The summed E-state index contributed by atoms with van der Waals surface area (Å²) < 4.78 is 2.11. The minimum atomic E-state index is 0.284. The molecule has 0 radical (unpaired) electrons. The number of nitrogens with zero attached hydrogens (tertiary/aromatic N) is 1. The van der Waals surface area contributed by atoms with Crippen molar-refractivity contribution in [2.45, 2.75) is 12.5 Å². The molecule has 2 aromatic rings. The van der Waals surface area contributed by atoms with Crippen LogP contribution < -0.4 is 5.32 Å². The van der Waals surface area contributed by atoms with Crippen LogP contribution in [0.15, 0.2) is 51.5 Å². The lowest BCUT2D eigenvalue weighted by atomic mass is 10.0. The van der Waals surface area contributed by atoms with Crippen molar-refractivity contribution in [1.82, 2.24) is 10.3 Å². The third-order valence-electron chi connectivity index (χ3n) is 2.82. The Balaban J connectivity index is 2.14. The molecule has 0 saturated carbocycles. The van der Waals surface area contributed by atoms with E-state index in [9.17, 15) is 0 Å². The molecule has 1 unspecified atom stereocenters. The van der Waals surface area contributed by atoms with E-state index in [1.54, 1.807) is 0 Å². The zero-order valence-corrected chi connectivity index (χ0v) is 13.2. The predicted octanol–water partition coefficient (Wildman–Crippen LogP) is 4.11. The number of pyridine rings is 1. The van der Waals surface area contributed by atoms with Crippen LogP contribution in [0, 0.1) is 0 Å². The Labute approximate surface area is 124 Å². The molecule has 18 heavy (non-hydrogen) atoms. The molecule has 1 aromatic carbocycles. The summed E-state index contributed by atoms with van der Waals surface area (Å²) in [5.74, 6) is 0. The summed E-state index contributed by atoms with van der Waals surface area (Å²) in [6, 6.07) is 12.7. The molecule has 0 aliphatic carbocycles. The Morgan fingerprint density at radius 2 is 1.72 bits per heavy atom. The normalized spacial score (nSPS) is 12.4. The van der Waals surface area contributed by atoms with Crippen molar-refractivity contribution in [3.05, 3.63) is 62.8 Å². The molecule has 0 amide bonds. The van der Waals surface area contributed by atoms with E-state index in [1.165, 1.54) is 5.56 Å². The molecule has 1 atom stereocenters. The van der Waals surface area contributed by atoms with Crippen LogP contribution in [0.5, 0.6) is 0 Å². The third-order valence-corrected chi connectivity index (χ3v) is 3.82. The predicted molar refractivity (Wildman–Crippen MR) is 81.6 cm³/mol. The van der Waals surface area contributed by atoms with Gasteiger partial charge in [0.15, 0.2) is 0 Å². The third kappa shape index (κ3) is 3.64. The number of likely N-dealkylation sites (N-methyl/N-ethyl adjacent to an activating group) is 1. The van der Waals surface area contributed by atoms with Gasteiger partial charge >= 0.3 is 0 Å². The monoisotopic (exact) mass is 368 g/mol. The fraction of sp³-hybridized carbons (Fsp3) is 0.214. The molecule has 0 fully saturated rings. The first-order valence-corrected chi connectivity index (χ1v) is 7.31. The van der Waals surface area contributed by atoms with Crippen molar-refractivity contribution >= 4 is 31.9 Å². The first-order valence-electron chi connectivity index (χ1n) is 5.72. The van der Waals surface area contributed by atoms with Crippen LogP contribution in [-0.2, 0) is 6.42 Å². The number of halogens is 2. The molecule has 0 aliphatic rings. The molecule has 0 spiro atoms. The first kappa shape index (κ1) is 13.7. The van der Waals surface area contributed by atoms with E-state index in [4.69, 9.17) is 0 Å². The van der Waals surface area contributed by atoms with Crippen LogP contribution in [0.1, 0.15) is 17.3 Å². The second-order valence-electron chi connectivity index (χ2n) is 4.06. The number of nitrogens with one attached hydrogen (secondary N) is 1. The molecule has 0 bridgehead atoms. The van der Waals surface area contributed by atoms with Crippen molar-refractivity contribution in [3.63, 3.8) is 0 Å². The quantitative estimate of drug-likeness (QED) is 0.877. The highest BCUT2D eigenvalue weighted by Crippen LogP contribution is 2.20. The van der Waals surface area contributed by atoms with Crippen LogP contribution >= 0.6 is 31.9 Å². The van der Waals surface area contributed by atoms with Crippen LogP contribution in [-0.4, -0.2) is 12.0 Å². The minimum absolute atomic E-state index is 0.284. The van der Waals surface area contributed by atoms with Crippen molar-refractivity contribution in [2.24, 2.45) is 0 Å². The van der Waals surface area contributed by atoms with Gasteiger partial charge in [-0.15, -0.1) is 0 Å². The van der Waals surface area contributed by atoms with Gasteiger partial charge in [-0.1, -0.05) is 28.1 Å². The lowest BCUT2D eigenvalue weighted by molar-refractivity contribution is 0.584. The van der Waals surface area contributed by atoms with Gasteiger partial charge in [0.1, 0.15) is 0 Å². The van der Waals surface area contributed by atoms with Crippen molar-refractivity contribution in [1.29, 1.82) is 0 Å². The van der Waals surface area contributed by atoms with Gasteiger partial charge in [-0.3, -0.25) is 4.98 Å². The molecule has 0 saturated heterocycles. The first-order chi connectivity index (χ1) is 8.69. The van der Waals surface area contributed by atoms with Gasteiger partial charge < -0.3 is 5.32 Å². The van der Waals surface area contributed by atoms with Gasteiger partial charge in [0.25, 0.3) is 0 Å². The number of benzene rings is 1. The zero-order chi connectivity index (χ0) is 13.0. The summed E-state index contributed by atoms with van der Waals surface area (Å²) in [6.07, 6.45) is 2.72. The summed E-state index contributed by atoms with van der Waals surface area (Å²) in [4.78, 5) is 4.41. The van der Waals surface area contributed by atoms with E-state index in [0.29, 0.717) is 0 Å². The number of hydrogen-bond donors (Lipinski definition) is 1. The van der Waals surface area contributed by atoms with E-state index in [-0.39, 0.29) is 6.04 Å². The van der Waals surface area contributed by atoms with Crippen LogP contribution in [0.4, 0.5) is 0 Å². The lowest BCUT2D eigenvalue weighted by Gasteiger charge is -2.16. The van der Waals surface area contributed by atoms with Crippen molar-refractivity contribution in [3.8, 4) is 0 Å². The Morgan fingerprint density at radius 3 is 2.28 bits per heavy atom. The molecule has 1 aromatic heterocycles. The summed E-state index contributed by atoms with van der Waals surface area (Å²) in [5, 5.41) is 3.33.